The summed E-state index contributed by atoms with van der Waals surface area (Å²) in [5, 5.41) is 2.00. The lowest BCUT2D eigenvalue weighted by Gasteiger charge is -2.47. The molecule has 0 unspecified atom stereocenters. The molecule has 144 valence electrons. The highest BCUT2D eigenvalue weighted by Gasteiger charge is 2.52. The fraction of sp³-hybridized carbons (Fsp3) is 0.529. The monoisotopic (exact) mass is 391 g/mol. The molecular weight excluding hydrogens is 371 g/mol. The number of hydrogen-bond acceptors (Lipinski definition) is 5. The molecule has 1 aromatic rings. The van der Waals surface area contributed by atoms with E-state index in [9.17, 15) is 22.8 Å². The van der Waals surface area contributed by atoms with Crippen molar-refractivity contribution >= 4 is 23.6 Å². The zero-order valence-electron chi connectivity index (χ0n) is 14.5. The van der Waals surface area contributed by atoms with Crippen molar-refractivity contribution in [3.63, 3.8) is 0 Å². The summed E-state index contributed by atoms with van der Waals surface area (Å²) in [6.45, 7) is 4.19. The molecule has 1 aliphatic rings. The van der Waals surface area contributed by atoms with Crippen molar-refractivity contribution in [3.05, 3.63) is 30.3 Å². The average Bonchev–Trinajstić information content (AvgIpc) is 2.51. The van der Waals surface area contributed by atoms with Gasteiger partial charge >= 0.3 is 18.1 Å². The molecule has 26 heavy (non-hydrogen) atoms. The fourth-order valence-corrected chi connectivity index (χ4v) is 4.19. The molecule has 4 atom stereocenters. The van der Waals surface area contributed by atoms with Crippen LogP contribution in [0.1, 0.15) is 27.2 Å². The summed E-state index contributed by atoms with van der Waals surface area (Å²) < 4.78 is 49.2. The number of carbonyl (C=O) groups excluding carboxylic acids is 2. The number of nitrogens with one attached hydrogen (secondary N) is 1. The molecule has 0 bridgehead atoms. The van der Waals surface area contributed by atoms with E-state index in [0.29, 0.717) is 0 Å². The van der Waals surface area contributed by atoms with Crippen molar-refractivity contribution in [3.8, 4) is 0 Å². The van der Waals surface area contributed by atoms with E-state index in [-0.39, 0.29) is 6.42 Å². The minimum atomic E-state index is -5.03. The van der Waals surface area contributed by atoms with Gasteiger partial charge in [0.15, 0.2) is 6.10 Å². The van der Waals surface area contributed by atoms with Gasteiger partial charge in [-0.1, -0.05) is 30.0 Å². The average molecular weight is 391 g/mol. The van der Waals surface area contributed by atoms with Crippen LogP contribution in [0, 0.1) is 0 Å². The molecule has 0 spiro atoms. The summed E-state index contributed by atoms with van der Waals surface area (Å²) in [6.07, 6.45) is -6.74. The number of alkyl halides is 3. The summed E-state index contributed by atoms with van der Waals surface area (Å²) >= 11 is 1.33. The van der Waals surface area contributed by atoms with Gasteiger partial charge in [-0.3, -0.25) is 9.59 Å². The molecule has 1 amide bonds. The number of benzene rings is 1. The number of hydrogen-bond donors (Lipinski definition) is 1. The highest BCUT2D eigenvalue weighted by Crippen LogP contribution is 2.39. The Kier molecular flexibility index (Phi) is 6.23. The normalized spacial score (nSPS) is 29.1. The number of rotatable bonds is 4. The zero-order valence-corrected chi connectivity index (χ0v) is 15.3. The number of ether oxygens (including phenoxy) is 2. The van der Waals surface area contributed by atoms with Crippen LogP contribution in [0.15, 0.2) is 35.2 Å². The van der Waals surface area contributed by atoms with E-state index in [1.807, 2.05) is 35.6 Å². The fourth-order valence-electron chi connectivity index (χ4n) is 2.92. The van der Waals surface area contributed by atoms with Crippen molar-refractivity contribution in [1.82, 2.24) is 5.32 Å². The van der Waals surface area contributed by atoms with Gasteiger partial charge in [0.25, 0.3) is 0 Å². The minimum Gasteiger partial charge on any atom is -0.457 e. The van der Waals surface area contributed by atoms with Crippen molar-refractivity contribution < 1.29 is 32.2 Å². The maximum atomic E-state index is 12.7. The third-order valence-corrected chi connectivity index (χ3v) is 5.06. The molecule has 1 heterocycles. The Morgan fingerprint density at radius 2 is 1.92 bits per heavy atom. The molecule has 0 saturated carbocycles. The standard InChI is InChI=1S/C17H20F3NO4S/c1-10-14(25-11(2)22)16(3,21-15(23)17(18,19)20)9-13(24-10)26-12-7-5-4-6-8-12/h4-8,10,13-14H,9H2,1-3H3,(H,21,23)/t10-,13-,14-,16+/m0/s1. The number of esters is 1. The lowest BCUT2D eigenvalue weighted by Crippen LogP contribution is -2.65. The highest BCUT2D eigenvalue weighted by molar-refractivity contribution is 7.99. The number of thioether (sulfide) groups is 1. The minimum absolute atomic E-state index is 0.0384. The van der Waals surface area contributed by atoms with E-state index in [2.05, 4.69) is 0 Å². The second kappa shape index (κ2) is 7.87. The van der Waals surface area contributed by atoms with Crippen LogP contribution in [0.4, 0.5) is 13.2 Å². The van der Waals surface area contributed by atoms with Gasteiger partial charge in [-0.15, -0.1) is 0 Å². The summed E-state index contributed by atoms with van der Waals surface area (Å²) in [4.78, 5) is 23.8. The van der Waals surface area contributed by atoms with Crippen LogP contribution < -0.4 is 5.32 Å². The van der Waals surface area contributed by atoms with Gasteiger partial charge in [-0.05, 0) is 26.0 Å². The number of halogens is 3. The van der Waals surface area contributed by atoms with Gasteiger partial charge in [0.1, 0.15) is 5.44 Å². The van der Waals surface area contributed by atoms with E-state index in [1.165, 1.54) is 18.7 Å². The first-order valence-electron chi connectivity index (χ1n) is 7.95. The Morgan fingerprint density at radius 1 is 1.31 bits per heavy atom. The Morgan fingerprint density at radius 3 is 2.46 bits per heavy atom. The molecule has 1 fully saturated rings. The lowest BCUT2D eigenvalue weighted by molar-refractivity contribution is -0.190. The molecule has 0 radical (unpaired) electrons. The Hall–Kier alpha value is -1.74. The van der Waals surface area contributed by atoms with E-state index in [4.69, 9.17) is 9.47 Å². The Balaban J connectivity index is 2.24. The first-order valence-corrected chi connectivity index (χ1v) is 8.83. The molecule has 0 aliphatic carbocycles. The van der Waals surface area contributed by atoms with Gasteiger partial charge in [0.05, 0.1) is 11.6 Å². The second-order valence-electron chi connectivity index (χ2n) is 6.31. The van der Waals surface area contributed by atoms with E-state index in [0.717, 1.165) is 11.8 Å². The van der Waals surface area contributed by atoms with Gasteiger partial charge < -0.3 is 14.8 Å². The second-order valence-corrected chi connectivity index (χ2v) is 7.54. The van der Waals surface area contributed by atoms with Gasteiger partial charge in [0.2, 0.25) is 0 Å². The van der Waals surface area contributed by atoms with Crippen LogP contribution in [0.5, 0.6) is 0 Å². The van der Waals surface area contributed by atoms with Crippen LogP contribution in [0.3, 0.4) is 0 Å². The van der Waals surface area contributed by atoms with Crippen molar-refractivity contribution in [2.24, 2.45) is 0 Å². The largest absolute Gasteiger partial charge is 0.471 e. The molecule has 1 aromatic carbocycles. The quantitative estimate of drug-likeness (QED) is 0.798. The number of carbonyl (C=O) groups is 2. The first kappa shape index (κ1) is 20.6. The van der Waals surface area contributed by atoms with Crippen LogP contribution in [-0.2, 0) is 19.1 Å². The van der Waals surface area contributed by atoms with Crippen LogP contribution in [0.25, 0.3) is 0 Å². The van der Waals surface area contributed by atoms with E-state index < -0.39 is 41.2 Å². The molecular formula is C17H20F3NO4S. The maximum Gasteiger partial charge on any atom is 0.471 e. The summed E-state index contributed by atoms with van der Waals surface area (Å²) in [7, 11) is 0. The van der Waals surface area contributed by atoms with E-state index in [1.54, 1.807) is 6.92 Å². The van der Waals surface area contributed by atoms with Crippen molar-refractivity contribution in [2.75, 3.05) is 0 Å². The Labute approximate surface area is 153 Å². The lowest BCUT2D eigenvalue weighted by atomic mass is 9.85. The molecule has 1 saturated heterocycles. The number of amides is 1. The molecule has 5 nitrogen and oxygen atoms in total. The van der Waals surface area contributed by atoms with Crippen LogP contribution >= 0.6 is 11.8 Å². The smallest absolute Gasteiger partial charge is 0.457 e. The molecule has 1 aliphatic heterocycles. The summed E-state index contributed by atoms with van der Waals surface area (Å²) in [5.41, 5.74) is -1.94. The third kappa shape index (κ3) is 5.14. The first-order chi connectivity index (χ1) is 12.0. The molecule has 0 aromatic heterocycles. The van der Waals surface area contributed by atoms with Crippen LogP contribution in [-0.4, -0.2) is 41.2 Å². The van der Waals surface area contributed by atoms with Gasteiger partial charge in [-0.25, -0.2) is 0 Å². The predicted molar refractivity (Wildman–Crippen MR) is 89.4 cm³/mol. The van der Waals surface area contributed by atoms with Crippen molar-refractivity contribution in [2.45, 2.75) is 61.4 Å². The topological polar surface area (TPSA) is 64.6 Å². The molecule has 9 heteroatoms. The van der Waals surface area contributed by atoms with Crippen molar-refractivity contribution in [1.29, 1.82) is 0 Å². The van der Waals surface area contributed by atoms with Gasteiger partial charge in [-0.2, -0.15) is 13.2 Å². The van der Waals surface area contributed by atoms with Crippen LogP contribution in [0.2, 0.25) is 0 Å². The summed E-state index contributed by atoms with van der Waals surface area (Å²) in [5.74, 6) is -2.73. The SMILES string of the molecule is CC(=O)O[C@H]1[C@H](C)O[C@@H](Sc2ccccc2)C[C@@]1(C)NC(=O)C(F)(F)F. The molecule has 1 N–H and O–H groups in total. The third-order valence-electron chi connectivity index (χ3n) is 3.97. The van der Waals surface area contributed by atoms with Gasteiger partial charge in [0, 0.05) is 18.2 Å². The van der Waals surface area contributed by atoms with E-state index >= 15 is 0 Å². The summed E-state index contributed by atoms with van der Waals surface area (Å²) in [6, 6.07) is 9.21. The zero-order chi connectivity index (χ0) is 19.5. The Bertz CT molecular complexity index is 655. The maximum absolute atomic E-state index is 12.7. The molecule has 2 rings (SSSR count). The highest BCUT2D eigenvalue weighted by atomic mass is 32.2. The predicted octanol–water partition coefficient (Wildman–Crippen LogP) is 3.28.